The van der Waals surface area contributed by atoms with Crippen LogP contribution in [0.3, 0.4) is 0 Å². The van der Waals surface area contributed by atoms with E-state index in [9.17, 15) is 14.9 Å². The van der Waals surface area contributed by atoms with Crippen LogP contribution in [0.1, 0.15) is 17.3 Å². The number of carbonyl (C=O) groups excluding carboxylic acids is 1. The van der Waals surface area contributed by atoms with Crippen molar-refractivity contribution in [1.29, 1.82) is 0 Å². The molecule has 0 aliphatic heterocycles. The van der Waals surface area contributed by atoms with Crippen LogP contribution in [0.25, 0.3) is 0 Å². The molecule has 8 heteroatoms. The fourth-order valence-electron chi connectivity index (χ4n) is 1.66. The number of Topliss-reactive ketones (excluding diaryl/α,β-unsaturated/α-hetero) is 1. The van der Waals surface area contributed by atoms with Gasteiger partial charge in [0.05, 0.1) is 4.92 Å². The van der Waals surface area contributed by atoms with Gasteiger partial charge in [0.25, 0.3) is 5.69 Å². The fourth-order valence-corrected chi connectivity index (χ4v) is 1.89. The lowest BCUT2D eigenvalue weighted by Crippen LogP contribution is -2.19. The lowest BCUT2D eigenvalue weighted by Gasteiger charge is -2.10. The molecular formula is C14H12N4O3S. The second-order valence-corrected chi connectivity index (χ2v) is 4.78. The van der Waals surface area contributed by atoms with Crippen molar-refractivity contribution < 1.29 is 9.72 Å². The van der Waals surface area contributed by atoms with Crippen molar-refractivity contribution in [3.8, 4) is 0 Å². The Morgan fingerprint density at radius 1 is 1.27 bits per heavy atom. The Hall–Kier alpha value is -2.87. The third kappa shape index (κ3) is 4.06. The summed E-state index contributed by atoms with van der Waals surface area (Å²) in [7, 11) is 0. The predicted molar refractivity (Wildman–Crippen MR) is 87.2 cm³/mol. The van der Waals surface area contributed by atoms with Crippen LogP contribution >= 0.6 is 12.2 Å². The molecule has 0 saturated carbocycles. The van der Waals surface area contributed by atoms with Crippen molar-refractivity contribution in [3.05, 3.63) is 58.3 Å². The van der Waals surface area contributed by atoms with Crippen LogP contribution < -0.4 is 10.6 Å². The van der Waals surface area contributed by atoms with Crippen molar-refractivity contribution in [1.82, 2.24) is 4.98 Å². The van der Waals surface area contributed by atoms with E-state index in [1.54, 1.807) is 24.3 Å². The molecule has 1 aromatic carbocycles. The van der Waals surface area contributed by atoms with Crippen molar-refractivity contribution in [2.24, 2.45) is 0 Å². The Morgan fingerprint density at radius 3 is 2.64 bits per heavy atom. The number of nitrogens with zero attached hydrogens (tertiary/aromatic N) is 2. The lowest BCUT2D eigenvalue weighted by atomic mass is 10.1. The number of aromatic nitrogens is 1. The van der Waals surface area contributed by atoms with E-state index in [0.29, 0.717) is 17.1 Å². The van der Waals surface area contributed by atoms with E-state index >= 15 is 0 Å². The van der Waals surface area contributed by atoms with Gasteiger partial charge in [0.1, 0.15) is 12.0 Å². The minimum absolute atomic E-state index is 0.0421. The first kappa shape index (κ1) is 15.5. The summed E-state index contributed by atoms with van der Waals surface area (Å²) in [5, 5.41) is 16.5. The topological polar surface area (TPSA) is 97.2 Å². The number of benzene rings is 1. The smallest absolute Gasteiger partial charge is 0.287 e. The quantitative estimate of drug-likeness (QED) is 0.387. The van der Waals surface area contributed by atoms with Gasteiger partial charge in [-0.05, 0) is 37.3 Å². The largest absolute Gasteiger partial charge is 0.332 e. The number of rotatable bonds is 4. The van der Waals surface area contributed by atoms with Gasteiger partial charge in [0, 0.05) is 17.3 Å². The van der Waals surface area contributed by atoms with Crippen LogP contribution in [0.4, 0.5) is 17.2 Å². The maximum atomic E-state index is 11.3. The normalized spacial score (nSPS) is 9.86. The average Bonchev–Trinajstić information content (AvgIpc) is 2.47. The zero-order valence-electron chi connectivity index (χ0n) is 11.6. The molecule has 2 rings (SSSR count). The Morgan fingerprint density at radius 2 is 2.05 bits per heavy atom. The molecule has 0 aliphatic carbocycles. The maximum absolute atomic E-state index is 11.3. The molecule has 112 valence electrons. The van der Waals surface area contributed by atoms with E-state index in [1.165, 1.54) is 19.1 Å². The van der Waals surface area contributed by atoms with Gasteiger partial charge in [0.2, 0.25) is 0 Å². The zero-order valence-corrected chi connectivity index (χ0v) is 12.4. The molecule has 2 N–H and O–H groups in total. The van der Waals surface area contributed by atoms with Crippen LogP contribution in [0.2, 0.25) is 0 Å². The summed E-state index contributed by atoms with van der Waals surface area (Å²) in [5.74, 6) is 0.338. The van der Waals surface area contributed by atoms with E-state index in [2.05, 4.69) is 15.6 Å². The molecule has 0 fully saturated rings. The van der Waals surface area contributed by atoms with E-state index in [4.69, 9.17) is 12.2 Å². The Kier molecular flexibility index (Phi) is 4.74. The van der Waals surface area contributed by atoms with Gasteiger partial charge in [-0.3, -0.25) is 14.9 Å². The third-order valence-electron chi connectivity index (χ3n) is 2.73. The highest BCUT2D eigenvalue weighted by molar-refractivity contribution is 7.80. The number of hydrogen-bond donors (Lipinski definition) is 2. The first-order valence-corrected chi connectivity index (χ1v) is 6.66. The highest BCUT2D eigenvalue weighted by atomic mass is 32.1. The van der Waals surface area contributed by atoms with Gasteiger partial charge in [-0.15, -0.1) is 0 Å². The van der Waals surface area contributed by atoms with Gasteiger partial charge in [0.15, 0.2) is 10.9 Å². The highest BCUT2D eigenvalue weighted by Gasteiger charge is 2.07. The van der Waals surface area contributed by atoms with Gasteiger partial charge in [-0.1, -0.05) is 12.1 Å². The molecule has 22 heavy (non-hydrogen) atoms. The molecule has 0 spiro atoms. The van der Waals surface area contributed by atoms with Crippen LogP contribution in [0, 0.1) is 10.1 Å². The van der Waals surface area contributed by atoms with Crippen molar-refractivity contribution >= 4 is 40.3 Å². The summed E-state index contributed by atoms with van der Waals surface area (Å²) < 4.78 is 0. The number of ketones is 1. The molecule has 0 radical (unpaired) electrons. The summed E-state index contributed by atoms with van der Waals surface area (Å²) in [6, 6.07) is 9.68. The lowest BCUT2D eigenvalue weighted by molar-refractivity contribution is -0.385. The van der Waals surface area contributed by atoms with E-state index in [1.807, 2.05) is 0 Å². The average molecular weight is 316 g/mol. The maximum Gasteiger partial charge on any atom is 0.287 e. The molecular weight excluding hydrogens is 304 g/mol. The summed E-state index contributed by atoms with van der Waals surface area (Å²) in [5.41, 5.74) is 1.13. The summed E-state index contributed by atoms with van der Waals surface area (Å²) in [4.78, 5) is 25.2. The molecule has 0 amide bonds. The highest BCUT2D eigenvalue weighted by Crippen LogP contribution is 2.14. The van der Waals surface area contributed by atoms with Gasteiger partial charge in [-0.25, -0.2) is 4.98 Å². The molecule has 1 aromatic heterocycles. The van der Waals surface area contributed by atoms with E-state index in [-0.39, 0.29) is 16.6 Å². The van der Waals surface area contributed by atoms with E-state index in [0.717, 1.165) is 6.20 Å². The first-order valence-electron chi connectivity index (χ1n) is 6.25. The van der Waals surface area contributed by atoms with Crippen molar-refractivity contribution in [2.45, 2.75) is 6.92 Å². The standard InChI is InChI=1S/C14H12N4O3S/c1-9(19)10-3-2-4-11(7-10)16-14(22)17-13-6-5-12(8-15-13)18(20)21/h2-8H,1H3,(H2,15,16,17,22). The minimum atomic E-state index is -0.527. The Bertz CT molecular complexity index is 731. The molecule has 1 heterocycles. The first-order chi connectivity index (χ1) is 10.5. The van der Waals surface area contributed by atoms with Crippen LogP contribution in [-0.4, -0.2) is 20.8 Å². The number of anilines is 2. The SMILES string of the molecule is CC(=O)c1cccc(NC(=S)Nc2ccc([N+](=O)[O-])cn2)c1. The molecule has 7 nitrogen and oxygen atoms in total. The number of nitrogens with one attached hydrogen (secondary N) is 2. The number of pyridine rings is 1. The molecule has 0 bridgehead atoms. The summed E-state index contributed by atoms with van der Waals surface area (Å²) in [6.45, 7) is 1.48. The molecule has 2 aromatic rings. The Labute approximate surface area is 131 Å². The van der Waals surface area contributed by atoms with Crippen molar-refractivity contribution in [3.63, 3.8) is 0 Å². The summed E-state index contributed by atoms with van der Waals surface area (Å²) >= 11 is 5.13. The Balaban J connectivity index is 2.02. The van der Waals surface area contributed by atoms with Crippen molar-refractivity contribution in [2.75, 3.05) is 10.6 Å². The monoisotopic (exact) mass is 316 g/mol. The third-order valence-corrected chi connectivity index (χ3v) is 2.93. The summed E-state index contributed by atoms with van der Waals surface area (Å²) in [6.07, 6.45) is 1.14. The predicted octanol–water partition coefficient (Wildman–Crippen LogP) is 3.00. The van der Waals surface area contributed by atoms with Gasteiger partial charge in [-0.2, -0.15) is 0 Å². The van der Waals surface area contributed by atoms with Gasteiger partial charge >= 0.3 is 0 Å². The number of nitro groups is 1. The van der Waals surface area contributed by atoms with E-state index < -0.39 is 4.92 Å². The van der Waals surface area contributed by atoms with Crippen LogP contribution in [0.5, 0.6) is 0 Å². The minimum Gasteiger partial charge on any atom is -0.332 e. The molecule has 0 aliphatic rings. The number of carbonyl (C=O) groups is 1. The second kappa shape index (κ2) is 6.72. The fraction of sp³-hybridized carbons (Fsp3) is 0.0714. The molecule has 0 unspecified atom stereocenters. The number of hydrogen-bond acceptors (Lipinski definition) is 5. The molecule has 0 saturated heterocycles. The van der Waals surface area contributed by atoms with Crippen LogP contribution in [0.15, 0.2) is 42.6 Å². The number of thiocarbonyl (C=S) groups is 1. The molecule has 0 atom stereocenters. The zero-order chi connectivity index (χ0) is 16.1. The van der Waals surface area contributed by atoms with Gasteiger partial charge < -0.3 is 10.6 Å². The van der Waals surface area contributed by atoms with Crippen LogP contribution in [-0.2, 0) is 0 Å². The second-order valence-electron chi connectivity index (χ2n) is 4.37.